The van der Waals surface area contributed by atoms with Crippen LogP contribution in [-0.2, 0) is 4.79 Å². The largest absolute Gasteiger partial charge is 0.369 e. The molecule has 1 fully saturated rings. The molecule has 0 aliphatic carbocycles. The lowest BCUT2D eigenvalue weighted by Gasteiger charge is -2.39. The number of carbonyl (C=O) groups is 1. The van der Waals surface area contributed by atoms with Crippen LogP contribution in [0.1, 0.15) is 40.5 Å². The van der Waals surface area contributed by atoms with Gasteiger partial charge in [-0.05, 0) is 31.6 Å². The van der Waals surface area contributed by atoms with Crippen LogP contribution in [0, 0.1) is 17.8 Å². The summed E-state index contributed by atoms with van der Waals surface area (Å²) in [6.07, 6.45) is 2.07. The van der Waals surface area contributed by atoms with Gasteiger partial charge in [-0.15, -0.1) is 0 Å². The topological polar surface area (TPSA) is 55.1 Å². The Labute approximate surface area is 92.8 Å². The molecule has 1 aliphatic heterocycles. The molecule has 1 rings (SSSR count). The Morgan fingerprint density at radius 2 is 2.07 bits per heavy atom. The lowest BCUT2D eigenvalue weighted by atomic mass is 9.76. The molecular formula is C12H24N2O. The van der Waals surface area contributed by atoms with Gasteiger partial charge in [0.15, 0.2) is 0 Å². The highest BCUT2D eigenvalue weighted by molar-refractivity contribution is 5.77. The van der Waals surface area contributed by atoms with Crippen molar-refractivity contribution in [3.05, 3.63) is 0 Å². The summed E-state index contributed by atoms with van der Waals surface area (Å²) in [5, 5.41) is 3.51. The first-order valence-electron chi connectivity index (χ1n) is 5.97. The predicted molar refractivity (Wildman–Crippen MR) is 62.3 cm³/mol. The molecule has 3 nitrogen and oxygen atoms in total. The first-order valence-corrected chi connectivity index (χ1v) is 5.97. The van der Waals surface area contributed by atoms with Gasteiger partial charge in [0.05, 0.1) is 5.92 Å². The van der Waals surface area contributed by atoms with E-state index in [1.54, 1.807) is 0 Å². The van der Waals surface area contributed by atoms with Crippen LogP contribution in [0.4, 0.5) is 0 Å². The minimum absolute atomic E-state index is 0.00333. The average Bonchev–Trinajstić information content (AvgIpc) is 1.99. The van der Waals surface area contributed by atoms with Gasteiger partial charge in [0.25, 0.3) is 0 Å². The molecule has 0 aromatic carbocycles. The number of piperidine rings is 1. The Hall–Kier alpha value is -0.570. The van der Waals surface area contributed by atoms with Crippen molar-refractivity contribution in [2.45, 2.75) is 52.6 Å². The maximum atomic E-state index is 11.4. The summed E-state index contributed by atoms with van der Waals surface area (Å²) in [5.41, 5.74) is 5.49. The van der Waals surface area contributed by atoms with Crippen molar-refractivity contribution in [3.8, 4) is 0 Å². The maximum absolute atomic E-state index is 11.4. The number of rotatable bonds is 3. The van der Waals surface area contributed by atoms with Crippen molar-refractivity contribution in [1.82, 2.24) is 5.32 Å². The zero-order chi connectivity index (χ0) is 11.6. The summed E-state index contributed by atoms with van der Waals surface area (Å²) in [4.78, 5) is 11.4. The molecule has 0 saturated carbocycles. The summed E-state index contributed by atoms with van der Waals surface area (Å²) >= 11 is 0. The van der Waals surface area contributed by atoms with E-state index in [4.69, 9.17) is 5.73 Å². The Kier molecular flexibility index (Phi) is 4.14. The fourth-order valence-corrected chi connectivity index (χ4v) is 2.84. The van der Waals surface area contributed by atoms with Gasteiger partial charge >= 0.3 is 0 Å². The summed E-state index contributed by atoms with van der Waals surface area (Å²) in [5.74, 6) is 0.862. The molecule has 3 N–H and O–H groups in total. The maximum Gasteiger partial charge on any atom is 0.222 e. The van der Waals surface area contributed by atoms with E-state index in [1.165, 1.54) is 0 Å². The van der Waals surface area contributed by atoms with E-state index in [0.29, 0.717) is 17.9 Å². The minimum atomic E-state index is -0.146. The SMILES string of the molecule is CC(C)CC1NC(C)CC(C)C1C(N)=O. The standard InChI is InChI=1S/C12H24N2O/c1-7(2)5-10-11(12(13)15)8(3)6-9(4)14-10/h7-11,14H,5-6H2,1-4H3,(H2,13,15). The molecular weight excluding hydrogens is 188 g/mol. The van der Waals surface area contributed by atoms with Crippen molar-refractivity contribution >= 4 is 5.91 Å². The first kappa shape index (κ1) is 12.5. The van der Waals surface area contributed by atoms with Crippen LogP contribution in [-0.4, -0.2) is 18.0 Å². The molecule has 4 unspecified atom stereocenters. The molecule has 15 heavy (non-hydrogen) atoms. The Morgan fingerprint density at radius 3 is 2.53 bits per heavy atom. The molecule has 1 amide bonds. The highest BCUT2D eigenvalue weighted by Crippen LogP contribution is 2.29. The molecule has 1 aliphatic rings. The van der Waals surface area contributed by atoms with Gasteiger partial charge in [-0.1, -0.05) is 20.8 Å². The van der Waals surface area contributed by atoms with Gasteiger partial charge in [0.1, 0.15) is 0 Å². The lowest BCUT2D eigenvalue weighted by molar-refractivity contribution is -0.125. The van der Waals surface area contributed by atoms with E-state index >= 15 is 0 Å². The van der Waals surface area contributed by atoms with Crippen molar-refractivity contribution in [1.29, 1.82) is 0 Å². The van der Waals surface area contributed by atoms with Crippen LogP contribution < -0.4 is 11.1 Å². The smallest absolute Gasteiger partial charge is 0.222 e. The van der Waals surface area contributed by atoms with E-state index < -0.39 is 0 Å². The highest BCUT2D eigenvalue weighted by Gasteiger charge is 2.37. The zero-order valence-corrected chi connectivity index (χ0v) is 10.3. The zero-order valence-electron chi connectivity index (χ0n) is 10.3. The van der Waals surface area contributed by atoms with Gasteiger partial charge in [-0.3, -0.25) is 4.79 Å². The van der Waals surface area contributed by atoms with E-state index in [9.17, 15) is 4.79 Å². The molecule has 1 heterocycles. The second-order valence-corrected chi connectivity index (χ2v) is 5.44. The third kappa shape index (κ3) is 3.20. The Balaban J connectivity index is 2.73. The number of amides is 1. The fraction of sp³-hybridized carbons (Fsp3) is 0.917. The molecule has 3 heteroatoms. The van der Waals surface area contributed by atoms with Crippen LogP contribution >= 0.6 is 0 Å². The lowest BCUT2D eigenvalue weighted by Crippen LogP contribution is -2.54. The van der Waals surface area contributed by atoms with Crippen molar-refractivity contribution < 1.29 is 4.79 Å². The quantitative estimate of drug-likeness (QED) is 0.745. The monoisotopic (exact) mass is 212 g/mol. The summed E-state index contributed by atoms with van der Waals surface area (Å²) in [7, 11) is 0. The third-order valence-electron chi connectivity index (χ3n) is 3.32. The molecule has 4 atom stereocenters. The van der Waals surface area contributed by atoms with Crippen molar-refractivity contribution in [2.24, 2.45) is 23.5 Å². The van der Waals surface area contributed by atoms with Crippen LogP contribution in [0.15, 0.2) is 0 Å². The normalized spacial score (nSPS) is 36.9. The highest BCUT2D eigenvalue weighted by atomic mass is 16.1. The first-order chi connectivity index (χ1) is 6.91. The molecule has 0 radical (unpaired) electrons. The van der Waals surface area contributed by atoms with Gasteiger partial charge in [-0.2, -0.15) is 0 Å². The average molecular weight is 212 g/mol. The number of nitrogens with two attached hydrogens (primary N) is 1. The second kappa shape index (κ2) is 4.97. The van der Waals surface area contributed by atoms with Crippen molar-refractivity contribution in [2.75, 3.05) is 0 Å². The Bertz CT molecular complexity index is 226. The van der Waals surface area contributed by atoms with E-state index in [2.05, 4.69) is 33.0 Å². The van der Waals surface area contributed by atoms with E-state index in [0.717, 1.165) is 12.8 Å². The van der Waals surface area contributed by atoms with Gasteiger partial charge < -0.3 is 11.1 Å². The van der Waals surface area contributed by atoms with Crippen LogP contribution in [0.2, 0.25) is 0 Å². The molecule has 0 bridgehead atoms. The summed E-state index contributed by atoms with van der Waals surface area (Å²) in [6, 6.07) is 0.764. The number of primary amides is 1. The third-order valence-corrected chi connectivity index (χ3v) is 3.32. The Morgan fingerprint density at radius 1 is 1.47 bits per heavy atom. The predicted octanol–water partition coefficient (Wildman–Crippen LogP) is 1.52. The van der Waals surface area contributed by atoms with E-state index in [-0.39, 0.29) is 17.9 Å². The fourth-order valence-electron chi connectivity index (χ4n) is 2.84. The number of hydrogen-bond donors (Lipinski definition) is 2. The number of nitrogens with one attached hydrogen (secondary N) is 1. The molecule has 0 aromatic heterocycles. The van der Waals surface area contributed by atoms with Crippen LogP contribution in [0.3, 0.4) is 0 Å². The molecule has 0 spiro atoms. The summed E-state index contributed by atoms with van der Waals surface area (Å²) < 4.78 is 0. The van der Waals surface area contributed by atoms with Gasteiger partial charge in [-0.25, -0.2) is 0 Å². The van der Waals surface area contributed by atoms with Crippen LogP contribution in [0.5, 0.6) is 0 Å². The van der Waals surface area contributed by atoms with E-state index in [1.807, 2.05) is 0 Å². The molecule has 1 saturated heterocycles. The number of hydrogen-bond acceptors (Lipinski definition) is 2. The number of carbonyl (C=O) groups excluding carboxylic acids is 1. The van der Waals surface area contributed by atoms with Gasteiger partial charge in [0.2, 0.25) is 5.91 Å². The summed E-state index contributed by atoms with van der Waals surface area (Å²) in [6.45, 7) is 8.69. The minimum Gasteiger partial charge on any atom is -0.369 e. The van der Waals surface area contributed by atoms with Crippen molar-refractivity contribution in [3.63, 3.8) is 0 Å². The van der Waals surface area contributed by atoms with Crippen LogP contribution in [0.25, 0.3) is 0 Å². The van der Waals surface area contributed by atoms with Gasteiger partial charge in [0, 0.05) is 12.1 Å². The molecule has 0 aromatic rings. The molecule has 88 valence electrons. The second-order valence-electron chi connectivity index (χ2n) is 5.44.